The van der Waals surface area contributed by atoms with Gasteiger partial charge in [0.05, 0.1) is 18.8 Å². The molecule has 20 heavy (non-hydrogen) atoms. The Bertz CT molecular complexity index is 566. The molecular weight excluding hydrogens is 250 g/mol. The van der Waals surface area contributed by atoms with E-state index >= 15 is 0 Å². The standard InChI is InChI=1S/C16H25N3O/c1-11(2)8-17-9-16-7-15(14(5)20-16)10-19-13(4)6-12(3)18-19/h6-7,11,17H,8-10H2,1-5H3. The van der Waals surface area contributed by atoms with Crippen molar-refractivity contribution in [1.82, 2.24) is 15.1 Å². The maximum absolute atomic E-state index is 5.81. The molecule has 0 saturated heterocycles. The van der Waals surface area contributed by atoms with Gasteiger partial charge in [-0.1, -0.05) is 13.8 Å². The van der Waals surface area contributed by atoms with E-state index in [0.717, 1.165) is 36.8 Å². The molecule has 0 bridgehead atoms. The van der Waals surface area contributed by atoms with E-state index in [1.54, 1.807) is 0 Å². The van der Waals surface area contributed by atoms with Crippen LogP contribution >= 0.6 is 0 Å². The third-order valence-corrected chi connectivity index (χ3v) is 3.35. The van der Waals surface area contributed by atoms with Gasteiger partial charge in [0.25, 0.3) is 0 Å². The van der Waals surface area contributed by atoms with Crippen molar-refractivity contribution >= 4 is 0 Å². The molecule has 0 atom stereocenters. The maximum Gasteiger partial charge on any atom is 0.118 e. The van der Waals surface area contributed by atoms with Crippen molar-refractivity contribution in [2.24, 2.45) is 5.92 Å². The van der Waals surface area contributed by atoms with Crippen LogP contribution in [0.15, 0.2) is 16.5 Å². The van der Waals surface area contributed by atoms with Crippen LogP contribution in [0.1, 0.15) is 42.3 Å². The molecule has 0 aromatic carbocycles. The highest BCUT2D eigenvalue weighted by Gasteiger charge is 2.10. The Morgan fingerprint density at radius 1 is 1.25 bits per heavy atom. The van der Waals surface area contributed by atoms with Crippen LogP contribution in [0.5, 0.6) is 0 Å². The molecule has 0 amide bonds. The van der Waals surface area contributed by atoms with E-state index in [2.05, 4.69) is 43.3 Å². The zero-order valence-electron chi connectivity index (χ0n) is 13.2. The van der Waals surface area contributed by atoms with Gasteiger partial charge >= 0.3 is 0 Å². The van der Waals surface area contributed by atoms with Crippen LogP contribution in [-0.2, 0) is 13.1 Å². The van der Waals surface area contributed by atoms with Crippen molar-refractivity contribution in [1.29, 1.82) is 0 Å². The highest BCUT2D eigenvalue weighted by atomic mass is 16.3. The van der Waals surface area contributed by atoms with Gasteiger partial charge < -0.3 is 9.73 Å². The fourth-order valence-electron chi connectivity index (χ4n) is 2.31. The summed E-state index contributed by atoms with van der Waals surface area (Å²) in [6.45, 7) is 13.1. The maximum atomic E-state index is 5.81. The second-order valence-electron chi connectivity index (χ2n) is 5.90. The molecule has 2 rings (SSSR count). The molecule has 0 aliphatic carbocycles. The summed E-state index contributed by atoms with van der Waals surface area (Å²) in [5.41, 5.74) is 3.45. The van der Waals surface area contributed by atoms with Crippen LogP contribution in [0, 0.1) is 26.7 Å². The highest BCUT2D eigenvalue weighted by Crippen LogP contribution is 2.17. The quantitative estimate of drug-likeness (QED) is 0.880. The lowest BCUT2D eigenvalue weighted by Crippen LogP contribution is -2.18. The van der Waals surface area contributed by atoms with E-state index in [9.17, 15) is 0 Å². The number of nitrogens with zero attached hydrogens (tertiary/aromatic N) is 2. The summed E-state index contributed by atoms with van der Waals surface area (Å²) in [5.74, 6) is 2.64. The minimum atomic E-state index is 0.653. The number of hydrogen-bond acceptors (Lipinski definition) is 3. The summed E-state index contributed by atoms with van der Waals surface area (Å²) in [6.07, 6.45) is 0. The molecule has 2 aromatic rings. The molecular formula is C16H25N3O. The van der Waals surface area contributed by atoms with Gasteiger partial charge in [-0.15, -0.1) is 0 Å². The smallest absolute Gasteiger partial charge is 0.118 e. The van der Waals surface area contributed by atoms with Crippen LogP contribution in [-0.4, -0.2) is 16.3 Å². The van der Waals surface area contributed by atoms with E-state index in [4.69, 9.17) is 4.42 Å². The molecule has 2 aromatic heterocycles. The van der Waals surface area contributed by atoms with E-state index in [1.165, 1.54) is 11.3 Å². The number of aryl methyl sites for hydroxylation is 3. The van der Waals surface area contributed by atoms with Crippen molar-refractivity contribution in [3.8, 4) is 0 Å². The van der Waals surface area contributed by atoms with Crippen LogP contribution in [0.2, 0.25) is 0 Å². The third-order valence-electron chi connectivity index (χ3n) is 3.35. The molecule has 0 aliphatic heterocycles. The molecule has 2 heterocycles. The minimum absolute atomic E-state index is 0.653. The molecule has 0 unspecified atom stereocenters. The van der Waals surface area contributed by atoms with E-state index < -0.39 is 0 Å². The van der Waals surface area contributed by atoms with Crippen LogP contribution in [0.25, 0.3) is 0 Å². The number of aromatic nitrogens is 2. The van der Waals surface area contributed by atoms with Crippen LogP contribution in [0.3, 0.4) is 0 Å². The third kappa shape index (κ3) is 3.73. The Kier molecular flexibility index (Phi) is 4.65. The second kappa shape index (κ2) is 6.27. The molecule has 0 spiro atoms. The predicted molar refractivity (Wildman–Crippen MR) is 80.8 cm³/mol. The first kappa shape index (κ1) is 14.9. The number of nitrogens with one attached hydrogen (secondary N) is 1. The Morgan fingerprint density at radius 2 is 2.00 bits per heavy atom. The van der Waals surface area contributed by atoms with Crippen molar-refractivity contribution in [3.05, 3.63) is 40.6 Å². The summed E-state index contributed by atoms with van der Waals surface area (Å²) in [5, 5.41) is 7.91. The Hall–Kier alpha value is -1.55. The number of hydrogen-bond donors (Lipinski definition) is 1. The van der Waals surface area contributed by atoms with Crippen LogP contribution in [0.4, 0.5) is 0 Å². The first-order chi connectivity index (χ1) is 9.45. The zero-order chi connectivity index (χ0) is 14.7. The normalized spacial score (nSPS) is 11.5. The summed E-state index contributed by atoms with van der Waals surface area (Å²) < 4.78 is 7.84. The van der Waals surface area contributed by atoms with Gasteiger partial charge in [-0.3, -0.25) is 4.68 Å². The van der Waals surface area contributed by atoms with Crippen molar-refractivity contribution in [2.45, 2.75) is 47.7 Å². The lowest BCUT2D eigenvalue weighted by Gasteiger charge is -2.04. The molecule has 0 aliphatic rings. The summed E-state index contributed by atoms with van der Waals surface area (Å²) >= 11 is 0. The van der Waals surface area contributed by atoms with Crippen LogP contribution < -0.4 is 5.32 Å². The van der Waals surface area contributed by atoms with E-state index in [-0.39, 0.29) is 0 Å². The summed E-state index contributed by atoms with van der Waals surface area (Å²) in [6, 6.07) is 4.24. The number of rotatable bonds is 6. The summed E-state index contributed by atoms with van der Waals surface area (Å²) in [4.78, 5) is 0. The SMILES string of the molecule is Cc1cc(C)n(Cc2cc(CNCC(C)C)oc2C)n1. The van der Waals surface area contributed by atoms with Crippen molar-refractivity contribution in [2.75, 3.05) is 6.54 Å². The number of furan rings is 1. The van der Waals surface area contributed by atoms with Gasteiger partial charge in [0, 0.05) is 11.3 Å². The first-order valence-electron chi connectivity index (χ1n) is 7.25. The van der Waals surface area contributed by atoms with Gasteiger partial charge in [-0.25, -0.2) is 0 Å². The molecule has 4 heteroatoms. The fourth-order valence-corrected chi connectivity index (χ4v) is 2.31. The minimum Gasteiger partial charge on any atom is -0.465 e. The lowest BCUT2D eigenvalue weighted by molar-refractivity contribution is 0.446. The largest absolute Gasteiger partial charge is 0.465 e. The summed E-state index contributed by atoms with van der Waals surface area (Å²) in [7, 11) is 0. The van der Waals surface area contributed by atoms with Gasteiger partial charge in [0.1, 0.15) is 11.5 Å². The molecule has 4 nitrogen and oxygen atoms in total. The molecule has 0 fully saturated rings. The molecule has 110 valence electrons. The molecule has 1 N–H and O–H groups in total. The first-order valence-corrected chi connectivity index (χ1v) is 7.25. The second-order valence-corrected chi connectivity index (χ2v) is 5.90. The highest BCUT2D eigenvalue weighted by molar-refractivity contribution is 5.22. The Morgan fingerprint density at radius 3 is 2.60 bits per heavy atom. The lowest BCUT2D eigenvalue weighted by atomic mass is 10.2. The van der Waals surface area contributed by atoms with E-state index in [1.807, 2.05) is 18.5 Å². The monoisotopic (exact) mass is 275 g/mol. The average Bonchev–Trinajstić information content (AvgIpc) is 2.83. The molecule has 0 radical (unpaired) electrons. The topological polar surface area (TPSA) is 43.0 Å². The zero-order valence-corrected chi connectivity index (χ0v) is 13.2. The van der Waals surface area contributed by atoms with Gasteiger partial charge in [-0.2, -0.15) is 5.10 Å². The average molecular weight is 275 g/mol. The Labute approximate surface area is 121 Å². The van der Waals surface area contributed by atoms with Gasteiger partial charge in [0.15, 0.2) is 0 Å². The Balaban J connectivity index is 2.02. The van der Waals surface area contributed by atoms with Gasteiger partial charge in [-0.05, 0) is 45.4 Å². The van der Waals surface area contributed by atoms with E-state index in [0.29, 0.717) is 5.92 Å². The van der Waals surface area contributed by atoms with Crippen molar-refractivity contribution in [3.63, 3.8) is 0 Å². The van der Waals surface area contributed by atoms with Crippen molar-refractivity contribution < 1.29 is 4.42 Å². The van der Waals surface area contributed by atoms with Gasteiger partial charge in [0.2, 0.25) is 0 Å². The molecule has 0 saturated carbocycles. The predicted octanol–water partition coefficient (Wildman–Crippen LogP) is 3.20. The fraction of sp³-hybridized carbons (Fsp3) is 0.562.